The molecular formula is C50H31NOS. The van der Waals surface area contributed by atoms with Gasteiger partial charge in [0.15, 0.2) is 5.58 Å². The molecule has 0 atom stereocenters. The summed E-state index contributed by atoms with van der Waals surface area (Å²) in [6, 6.07) is 67.8. The molecule has 0 fully saturated rings. The number of nitrogens with zero attached hydrogens (tertiary/aromatic N) is 1. The lowest BCUT2D eigenvalue weighted by Gasteiger charge is -2.27. The van der Waals surface area contributed by atoms with Gasteiger partial charge in [0.1, 0.15) is 5.58 Å². The highest BCUT2D eigenvalue weighted by Crippen LogP contribution is 2.49. The van der Waals surface area contributed by atoms with Crippen molar-refractivity contribution in [3.05, 3.63) is 188 Å². The fourth-order valence-electron chi connectivity index (χ4n) is 8.18. The number of fused-ring (bicyclic) bond motifs is 9. The molecule has 0 saturated heterocycles. The number of hydrogen-bond acceptors (Lipinski definition) is 3. The van der Waals surface area contributed by atoms with E-state index in [2.05, 4.69) is 193 Å². The Labute approximate surface area is 310 Å². The first-order chi connectivity index (χ1) is 26.3. The molecule has 53 heavy (non-hydrogen) atoms. The highest BCUT2D eigenvalue weighted by molar-refractivity contribution is 7.26. The molecule has 0 radical (unpaired) electrons. The summed E-state index contributed by atoms with van der Waals surface area (Å²) in [5, 5.41) is 9.78. The van der Waals surface area contributed by atoms with E-state index >= 15 is 0 Å². The standard InChI is InChI=1S/C50H31NOS/c1-3-14-32(15-4-1)34-20-11-21-37(28-34)51(44-27-13-26-42-41-25-12-24-38(49(41)52-50(42)44)33-16-5-2-6-17-33)45-31-47-48(40-23-10-9-22-39(40)45)43-29-35-18-7-8-19-36(35)30-46(43)53-47/h1-31H. The van der Waals surface area contributed by atoms with Gasteiger partial charge in [-0.05, 0) is 69.2 Å². The van der Waals surface area contributed by atoms with Gasteiger partial charge in [-0.15, -0.1) is 11.3 Å². The van der Waals surface area contributed by atoms with E-state index in [-0.39, 0.29) is 0 Å². The number of para-hydroxylation sites is 2. The second kappa shape index (κ2) is 11.9. The van der Waals surface area contributed by atoms with E-state index in [0.29, 0.717) is 0 Å². The molecule has 0 aliphatic carbocycles. The van der Waals surface area contributed by atoms with Gasteiger partial charge in [0.2, 0.25) is 0 Å². The van der Waals surface area contributed by atoms with Gasteiger partial charge in [0.05, 0.1) is 11.4 Å². The predicted octanol–water partition coefficient (Wildman–Crippen LogP) is 15.1. The molecule has 0 saturated carbocycles. The van der Waals surface area contributed by atoms with Gasteiger partial charge in [-0.2, -0.15) is 0 Å². The summed E-state index contributed by atoms with van der Waals surface area (Å²) in [5.41, 5.74) is 9.52. The third-order valence-electron chi connectivity index (χ3n) is 10.6. The van der Waals surface area contributed by atoms with E-state index in [1.54, 1.807) is 0 Å². The van der Waals surface area contributed by atoms with E-state index < -0.39 is 0 Å². The molecule has 0 spiro atoms. The molecule has 9 aromatic carbocycles. The zero-order chi connectivity index (χ0) is 34.9. The predicted molar refractivity (Wildman–Crippen MR) is 227 cm³/mol. The summed E-state index contributed by atoms with van der Waals surface area (Å²) in [6.45, 7) is 0. The van der Waals surface area contributed by atoms with Crippen LogP contribution in [0.25, 0.3) is 85.9 Å². The lowest BCUT2D eigenvalue weighted by molar-refractivity contribution is 0.670. The van der Waals surface area contributed by atoms with Gasteiger partial charge in [-0.1, -0.05) is 152 Å². The minimum Gasteiger partial charge on any atom is -0.453 e. The fourth-order valence-corrected chi connectivity index (χ4v) is 9.37. The van der Waals surface area contributed by atoms with Crippen molar-refractivity contribution in [2.75, 3.05) is 4.90 Å². The molecule has 11 rings (SSSR count). The van der Waals surface area contributed by atoms with Crippen LogP contribution in [0.4, 0.5) is 17.1 Å². The van der Waals surface area contributed by atoms with Crippen LogP contribution in [0.15, 0.2) is 192 Å². The van der Waals surface area contributed by atoms with Crippen LogP contribution in [0.2, 0.25) is 0 Å². The summed E-state index contributed by atoms with van der Waals surface area (Å²) in [6.07, 6.45) is 0. The quantitative estimate of drug-likeness (QED) is 0.178. The number of hydrogen-bond donors (Lipinski definition) is 0. The lowest BCUT2D eigenvalue weighted by atomic mass is 9.98. The zero-order valence-electron chi connectivity index (χ0n) is 28.7. The van der Waals surface area contributed by atoms with E-state index in [9.17, 15) is 0 Å². The van der Waals surface area contributed by atoms with Gasteiger partial charge in [0, 0.05) is 47.6 Å². The van der Waals surface area contributed by atoms with Crippen molar-refractivity contribution in [1.29, 1.82) is 0 Å². The lowest BCUT2D eigenvalue weighted by Crippen LogP contribution is -2.11. The zero-order valence-corrected chi connectivity index (χ0v) is 29.5. The number of benzene rings is 9. The number of furan rings is 1. The molecule has 0 amide bonds. The van der Waals surface area contributed by atoms with Crippen molar-refractivity contribution in [3.63, 3.8) is 0 Å². The summed E-state index contributed by atoms with van der Waals surface area (Å²) in [5.74, 6) is 0. The molecule has 0 aliphatic heterocycles. The molecule has 2 aromatic heterocycles. The maximum Gasteiger partial charge on any atom is 0.159 e. The van der Waals surface area contributed by atoms with Crippen LogP contribution < -0.4 is 4.90 Å². The van der Waals surface area contributed by atoms with E-state index in [1.807, 2.05) is 11.3 Å². The van der Waals surface area contributed by atoms with Crippen molar-refractivity contribution in [2.24, 2.45) is 0 Å². The molecule has 248 valence electrons. The van der Waals surface area contributed by atoms with Crippen LogP contribution in [-0.2, 0) is 0 Å². The Morgan fingerprint density at radius 1 is 0.377 bits per heavy atom. The third-order valence-corrected chi connectivity index (χ3v) is 11.7. The Kier molecular flexibility index (Phi) is 6.76. The minimum absolute atomic E-state index is 0.864. The van der Waals surface area contributed by atoms with Crippen LogP contribution in [0.3, 0.4) is 0 Å². The minimum atomic E-state index is 0.864. The Hall–Kier alpha value is -6.68. The van der Waals surface area contributed by atoms with Gasteiger partial charge in [-0.3, -0.25) is 0 Å². The first-order valence-electron chi connectivity index (χ1n) is 18.0. The number of anilines is 3. The highest BCUT2D eigenvalue weighted by Gasteiger charge is 2.24. The Bertz CT molecular complexity index is 3180. The summed E-state index contributed by atoms with van der Waals surface area (Å²) >= 11 is 1.87. The first-order valence-corrected chi connectivity index (χ1v) is 18.8. The van der Waals surface area contributed by atoms with Crippen molar-refractivity contribution >= 4 is 92.1 Å². The topological polar surface area (TPSA) is 16.4 Å². The average Bonchev–Trinajstić information content (AvgIpc) is 3.79. The smallest absolute Gasteiger partial charge is 0.159 e. The summed E-state index contributed by atoms with van der Waals surface area (Å²) < 4.78 is 9.62. The van der Waals surface area contributed by atoms with Crippen LogP contribution in [-0.4, -0.2) is 0 Å². The van der Waals surface area contributed by atoms with Crippen molar-refractivity contribution < 1.29 is 4.42 Å². The monoisotopic (exact) mass is 693 g/mol. The fraction of sp³-hybridized carbons (Fsp3) is 0. The van der Waals surface area contributed by atoms with Crippen LogP contribution in [0.5, 0.6) is 0 Å². The molecule has 0 bridgehead atoms. The normalized spacial score (nSPS) is 11.8. The van der Waals surface area contributed by atoms with Crippen molar-refractivity contribution in [3.8, 4) is 22.3 Å². The molecule has 2 nitrogen and oxygen atoms in total. The van der Waals surface area contributed by atoms with Crippen LogP contribution in [0.1, 0.15) is 0 Å². The Balaban J connectivity index is 1.23. The second-order valence-electron chi connectivity index (χ2n) is 13.7. The molecule has 0 aliphatic rings. The highest BCUT2D eigenvalue weighted by atomic mass is 32.1. The molecular weight excluding hydrogens is 663 g/mol. The van der Waals surface area contributed by atoms with Crippen molar-refractivity contribution in [2.45, 2.75) is 0 Å². The largest absolute Gasteiger partial charge is 0.453 e. The van der Waals surface area contributed by atoms with Crippen LogP contribution >= 0.6 is 11.3 Å². The van der Waals surface area contributed by atoms with Gasteiger partial charge in [-0.25, -0.2) is 0 Å². The van der Waals surface area contributed by atoms with Gasteiger partial charge in [0.25, 0.3) is 0 Å². The van der Waals surface area contributed by atoms with Crippen LogP contribution in [0, 0.1) is 0 Å². The average molecular weight is 694 g/mol. The first kappa shape index (κ1) is 30.0. The van der Waals surface area contributed by atoms with Crippen molar-refractivity contribution in [1.82, 2.24) is 0 Å². The number of rotatable bonds is 5. The van der Waals surface area contributed by atoms with E-state index in [0.717, 1.165) is 55.7 Å². The summed E-state index contributed by atoms with van der Waals surface area (Å²) in [4.78, 5) is 2.42. The molecule has 0 unspecified atom stereocenters. The van der Waals surface area contributed by atoms with Gasteiger partial charge >= 0.3 is 0 Å². The maximum atomic E-state index is 7.06. The Morgan fingerprint density at radius 2 is 1.00 bits per heavy atom. The number of thiophene rings is 1. The molecule has 11 aromatic rings. The third kappa shape index (κ3) is 4.78. The molecule has 2 heterocycles. The van der Waals surface area contributed by atoms with Gasteiger partial charge < -0.3 is 9.32 Å². The second-order valence-corrected chi connectivity index (χ2v) is 14.8. The maximum absolute atomic E-state index is 7.06. The Morgan fingerprint density at radius 3 is 1.81 bits per heavy atom. The van der Waals surface area contributed by atoms with E-state index in [4.69, 9.17) is 4.42 Å². The summed E-state index contributed by atoms with van der Waals surface area (Å²) in [7, 11) is 0. The molecule has 3 heteroatoms. The SMILES string of the molecule is c1ccc(-c2cccc(N(c3cc4sc5cc6ccccc6cc5c4c4ccccc34)c3cccc4c3oc3c(-c5ccccc5)cccc34)c2)cc1. The molecule has 0 N–H and O–H groups in total. The van der Waals surface area contributed by atoms with E-state index in [1.165, 1.54) is 47.3 Å².